The van der Waals surface area contributed by atoms with Crippen LogP contribution >= 0.6 is 0 Å². The highest BCUT2D eigenvalue weighted by atomic mass is 32.2. The fourth-order valence-corrected chi connectivity index (χ4v) is 8.56. The van der Waals surface area contributed by atoms with E-state index in [4.69, 9.17) is 8.37 Å². The Balaban J connectivity index is 1.20. The molecule has 0 aromatic heterocycles. The largest absolute Gasteiger partial charge is 0.501 e. The molecular formula is C37H30N4O8S2+2. The van der Waals surface area contributed by atoms with E-state index < -0.39 is 20.2 Å². The minimum Gasteiger partial charge on any atom is -0.501 e. The molecule has 0 heterocycles. The van der Waals surface area contributed by atoms with Gasteiger partial charge in [0, 0.05) is 21.5 Å². The average molecular weight is 723 g/mol. The Hall–Kier alpha value is -6.22. The quantitative estimate of drug-likeness (QED) is 0.102. The van der Waals surface area contributed by atoms with E-state index in [2.05, 4.69) is 9.95 Å². The van der Waals surface area contributed by atoms with Crippen molar-refractivity contribution in [3.63, 3.8) is 0 Å². The number of phenols is 2. The van der Waals surface area contributed by atoms with Crippen LogP contribution in [-0.2, 0) is 20.2 Å². The smallest absolute Gasteiger partial charge is 0.428 e. The summed E-state index contributed by atoms with van der Waals surface area (Å²) in [7, 11) is -8.80. The lowest BCUT2D eigenvalue weighted by Crippen LogP contribution is -2.11. The number of nitrogens with zero attached hydrogens (tertiary/aromatic N) is 4. The summed E-state index contributed by atoms with van der Waals surface area (Å²) < 4.78 is 64.3. The van der Waals surface area contributed by atoms with Crippen LogP contribution in [0, 0.1) is 10.8 Å². The molecule has 14 heteroatoms. The maximum Gasteiger partial charge on any atom is 0.428 e. The molecule has 0 fully saturated rings. The van der Waals surface area contributed by atoms with Crippen molar-refractivity contribution in [3.8, 4) is 23.0 Å². The fourth-order valence-electron chi connectivity index (χ4n) is 6.24. The minimum atomic E-state index is -4.40. The molecule has 51 heavy (non-hydrogen) atoms. The third-order valence-corrected chi connectivity index (χ3v) is 11.4. The molecule has 2 N–H and O–H groups in total. The number of fused-ring (bicyclic) bond motifs is 2. The topological polar surface area (TPSA) is 184 Å². The van der Waals surface area contributed by atoms with Crippen LogP contribution in [0.5, 0.6) is 23.0 Å². The SMILES string of the molecule is CCC(c1ccc(OS(=O)(=O)c2cc([N+]#N)c(O)c3ccccc23)cc1)C(C)c1ccc(OS(=O)(=O)c2cc([N+]#N)c(O)c3ccccc23)cc1. The van der Waals surface area contributed by atoms with Gasteiger partial charge in [-0.15, -0.1) is 0 Å². The lowest BCUT2D eigenvalue weighted by Gasteiger charge is -2.24. The van der Waals surface area contributed by atoms with Crippen molar-refractivity contribution in [2.24, 2.45) is 0 Å². The van der Waals surface area contributed by atoms with Gasteiger partial charge in [0.15, 0.2) is 9.95 Å². The highest BCUT2D eigenvalue weighted by Gasteiger charge is 2.30. The van der Waals surface area contributed by atoms with E-state index in [1.165, 1.54) is 24.3 Å². The second kappa shape index (κ2) is 13.6. The van der Waals surface area contributed by atoms with Gasteiger partial charge in [0.2, 0.25) is 22.3 Å². The van der Waals surface area contributed by atoms with Gasteiger partial charge in [-0.25, -0.2) is 0 Å². The first-order valence-electron chi connectivity index (χ1n) is 15.7. The summed E-state index contributed by atoms with van der Waals surface area (Å²) in [6.45, 7) is 4.05. The molecule has 0 bridgehead atoms. The van der Waals surface area contributed by atoms with E-state index in [0.717, 1.165) is 29.7 Å². The zero-order chi connectivity index (χ0) is 36.5. The molecule has 0 aliphatic carbocycles. The first-order chi connectivity index (χ1) is 24.4. The molecular weight excluding hydrogens is 693 g/mol. The average Bonchev–Trinajstić information content (AvgIpc) is 3.13. The Morgan fingerprint density at radius 1 is 0.608 bits per heavy atom. The number of aromatic hydroxyl groups is 2. The summed E-state index contributed by atoms with van der Waals surface area (Å²) >= 11 is 0. The third-order valence-electron chi connectivity index (χ3n) is 8.84. The summed E-state index contributed by atoms with van der Waals surface area (Å²) in [6.07, 6.45) is 0.728. The van der Waals surface area contributed by atoms with Crippen LogP contribution < -0.4 is 8.37 Å². The summed E-state index contributed by atoms with van der Waals surface area (Å²) in [4.78, 5) is 5.49. The molecule has 2 unspecified atom stereocenters. The van der Waals surface area contributed by atoms with Crippen molar-refractivity contribution in [2.45, 2.75) is 41.9 Å². The molecule has 6 rings (SSSR count). The molecule has 2 atom stereocenters. The number of rotatable bonds is 10. The van der Waals surface area contributed by atoms with Crippen molar-refractivity contribution in [1.82, 2.24) is 0 Å². The van der Waals surface area contributed by atoms with Crippen molar-refractivity contribution in [3.05, 3.63) is 130 Å². The van der Waals surface area contributed by atoms with Crippen molar-refractivity contribution >= 4 is 53.2 Å². The van der Waals surface area contributed by atoms with E-state index in [1.54, 1.807) is 72.8 Å². The molecule has 0 saturated heterocycles. The first kappa shape index (κ1) is 34.6. The third kappa shape index (κ3) is 6.58. The maximum atomic E-state index is 13.4. The molecule has 256 valence electrons. The maximum absolute atomic E-state index is 13.4. The zero-order valence-corrected chi connectivity index (χ0v) is 28.8. The summed E-state index contributed by atoms with van der Waals surface area (Å²) in [6, 6.07) is 27.8. The second-order valence-electron chi connectivity index (χ2n) is 11.8. The predicted molar refractivity (Wildman–Crippen MR) is 191 cm³/mol. The normalized spacial score (nSPS) is 12.9. The van der Waals surface area contributed by atoms with Crippen LogP contribution in [0.4, 0.5) is 11.4 Å². The van der Waals surface area contributed by atoms with Gasteiger partial charge in [0.1, 0.15) is 21.3 Å². The van der Waals surface area contributed by atoms with Crippen molar-refractivity contribution in [2.75, 3.05) is 0 Å². The van der Waals surface area contributed by atoms with Gasteiger partial charge in [-0.3, -0.25) is 0 Å². The molecule has 6 aromatic carbocycles. The van der Waals surface area contributed by atoms with Crippen LogP contribution in [-0.4, -0.2) is 27.0 Å². The summed E-state index contributed by atoms with van der Waals surface area (Å²) in [5.41, 5.74) is 1.19. The predicted octanol–water partition coefficient (Wildman–Crippen LogP) is 9.21. The van der Waals surface area contributed by atoms with E-state index >= 15 is 0 Å². The minimum absolute atomic E-state index is 0.00932. The standard InChI is InChI=1S/C37H28N4O8S2/c1-3-27(24-14-18-26(19-15-24)49-51(46,47)35-21-33(41-39)37(43)31-11-7-5-9-29(31)35)22(2)23-12-16-25(17-13-23)48-50(44,45)34-20-32(40-38)36(42)30-10-6-4-8-28(30)34/h4-22,27H,3H2,1-2H3/p+2. The van der Waals surface area contributed by atoms with E-state index in [1.807, 2.05) is 13.8 Å². The Morgan fingerprint density at radius 3 is 1.35 bits per heavy atom. The molecule has 0 spiro atoms. The number of hydrogen-bond acceptors (Lipinski definition) is 10. The van der Waals surface area contributed by atoms with E-state index in [-0.39, 0.29) is 77.5 Å². The summed E-state index contributed by atoms with van der Waals surface area (Å²) in [5, 5.41) is 40.2. The monoisotopic (exact) mass is 722 g/mol. The van der Waals surface area contributed by atoms with Gasteiger partial charge in [-0.2, -0.15) is 16.8 Å². The zero-order valence-electron chi connectivity index (χ0n) is 27.2. The molecule has 0 aliphatic rings. The van der Waals surface area contributed by atoms with Gasteiger partial charge in [-0.1, -0.05) is 86.6 Å². The van der Waals surface area contributed by atoms with E-state index in [0.29, 0.717) is 0 Å². The summed E-state index contributed by atoms with van der Waals surface area (Å²) in [5.74, 6) is -0.660. The lowest BCUT2D eigenvalue weighted by atomic mass is 9.81. The molecule has 0 amide bonds. The number of phenolic OH excluding ortho intramolecular Hbond substituents is 2. The van der Waals surface area contributed by atoms with Gasteiger partial charge in [0.05, 0.1) is 12.1 Å². The van der Waals surface area contributed by atoms with Crippen LogP contribution in [0.3, 0.4) is 0 Å². The first-order valence-corrected chi connectivity index (χ1v) is 18.5. The highest BCUT2D eigenvalue weighted by Crippen LogP contribution is 2.42. The lowest BCUT2D eigenvalue weighted by molar-refractivity contribution is 0.480. The molecule has 0 saturated carbocycles. The van der Waals surface area contributed by atoms with Crippen LogP contribution in [0.25, 0.3) is 31.5 Å². The Morgan fingerprint density at radius 2 is 0.980 bits per heavy atom. The number of diazo groups is 2. The molecule has 0 aliphatic heterocycles. The number of hydrogen-bond donors (Lipinski definition) is 2. The highest BCUT2D eigenvalue weighted by molar-refractivity contribution is 7.87. The molecule has 0 radical (unpaired) electrons. The van der Waals surface area contributed by atoms with Gasteiger partial charge in [-0.05, 0) is 53.6 Å². The fraction of sp³-hybridized carbons (Fsp3) is 0.135. The van der Waals surface area contributed by atoms with Crippen LogP contribution in [0.2, 0.25) is 0 Å². The van der Waals surface area contributed by atoms with Crippen molar-refractivity contribution in [1.29, 1.82) is 10.8 Å². The number of benzene rings is 6. The van der Waals surface area contributed by atoms with Gasteiger partial charge in [0.25, 0.3) is 0 Å². The second-order valence-corrected chi connectivity index (χ2v) is 14.8. The Bertz CT molecular complexity index is 2620. The van der Waals surface area contributed by atoms with E-state index in [9.17, 15) is 37.8 Å². The molecule has 12 nitrogen and oxygen atoms in total. The van der Waals surface area contributed by atoms with Crippen LogP contribution in [0.1, 0.15) is 43.2 Å². The van der Waals surface area contributed by atoms with Gasteiger partial charge >= 0.3 is 31.6 Å². The van der Waals surface area contributed by atoms with Gasteiger partial charge < -0.3 is 18.6 Å². The van der Waals surface area contributed by atoms with Crippen molar-refractivity contribution < 1.29 is 35.4 Å². The Labute approximate surface area is 293 Å². The van der Waals surface area contributed by atoms with Crippen LogP contribution in [0.15, 0.2) is 119 Å². The molecule has 6 aromatic rings. The Kier molecular flexibility index (Phi) is 9.23.